The molecule has 36 heavy (non-hydrogen) atoms. The molecule has 1 fully saturated rings. The Hall–Kier alpha value is -4.39. The molecule has 7 nitrogen and oxygen atoms in total. The van der Waals surface area contributed by atoms with E-state index in [-0.39, 0.29) is 30.6 Å². The maximum absolute atomic E-state index is 13.4. The lowest BCUT2D eigenvalue weighted by molar-refractivity contribution is -0.141. The van der Waals surface area contributed by atoms with Crippen molar-refractivity contribution in [3.63, 3.8) is 0 Å². The van der Waals surface area contributed by atoms with Gasteiger partial charge in [0.25, 0.3) is 0 Å². The topological polar surface area (TPSA) is 83.5 Å². The minimum Gasteiger partial charge on any atom is -0.341 e. The van der Waals surface area contributed by atoms with E-state index in [0.29, 0.717) is 12.1 Å². The Morgan fingerprint density at radius 3 is 2.25 bits per heavy atom. The number of carbonyl (C=O) groups is 3. The average Bonchev–Trinajstić information content (AvgIpc) is 3.13. The Morgan fingerprint density at radius 2 is 1.58 bits per heavy atom. The molecule has 1 aliphatic heterocycles. The first-order chi connectivity index (χ1) is 17.4. The molecule has 180 valence electrons. The molecular weight excluding hydrogens is 452 g/mol. The summed E-state index contributed by atoms with van der Waals surface area (Å²) < 4.78 is 0. The number of benzene rings is 3. The number of hydrogen-bond donors (Lipinski definition) is 0. The number of carbonyl (C=O) groups excluding carboxylic acids is 3. The fraction of sp³-hybridized carbons (Fsp3) is 0.207. The number of likely N-dealkylation sites (tertiary alicyclic amines) is 1. The Labute approximate surface area is 209 Å². The zero-order valence-corrected chi connectivity index (χ0v) is 20.2. The number of nitrogens with zero attached hydrogens (tertiary/aromatic N) is 4. The highest BCUT2D eigenvalue weighted by Crippen LogP contribution is 2.40. The summed E-state index contributed by atoms with van der Waals surface area (Å²) in [6.07, 6.45) is 3.15. The van der Waals surface area contributed by atoms with Crippen molar-refractivity contribution >= 4 is 28.8 Å². The second-order valence-corrected chi connectivity index (χ2v) is 9.27. The van der Waals surface area contributed by atoms with Crippen LogP contribution in [0, 0.1) is 0 Å². The van der Waals surface area contributed by atoms with E-state index in [4.69, 9.17) is 0 Å². The van der Waals surface area contributed by atoms with Crippen molar-refractivity contribution in [2.24, 2.45) is 0 Å². The first kappa shape index (κ1) is 23.4. The van der Waals surface area contributed by atoms with Gasteiger partial charge in [0.05, 0.1) is 16.4 Å². The van der Waals surface area contributed by atoms with Gasteiger partial charge in [-0.05, 0) is 34.4 Å². The molecule has 0 saturated carbocycles. The standard InChI is InChI=1S/C29H26N4O3/c1-32(19-20-8-13-24-25(16-20)31-15-14-30-24)26(34)17-29(18-27(35)33(2)28(29)36)23-11-9-22(10-12-23)21-6-4-3-5-7-21/h3-16H,17-19H2,1-2H3/t29-/m0/s1. The third-order valence-corrected chi connectivity index (χ3v) is 6.92. The molecule has 1 saturated heterocycles. The van der Waals surface area contributed by atoms with Crippen LogP contribution in [0.4, 0.5) is 0 Å². The summed E-state index contributed by atoms with van der Waals surface area (Å²) in [7, 11) is 3.19. The maximum Gasteiger partial charge on any atom is 0.240 e. The summed E-state index contributed by atoms with van der Waals surface area (Å²) in [4.78, 5) is 50.7. The van der Waals surface area contributed by atoms with Gasteiger partial charge in [-0.15, -0.1) is 0 Å². The van der Waals surface area contributed by atoms with Crippen LogP contribution in [0.5, 0.6) is 0 Å². The molecule has 0 aliphatic carbocycles. The largest absolute Gasteiger partial charge is 0.341 e. The van der Waals surface area contributed by atoms with E-state index >= 15 is 0 Å². The third-order valence-electron chi connectivity index (χ3n) is 6.92. The van der Waals surface area contributed by atoms with Crippen molar-refractivity contribution in [1.29, 1.82) is 0 Å². The van der Waals surface area contributed by atoms with Crippen molar-refractivity contribution in [1.82, 2.24) is 19.8 Å². The van der Waals surface area contributed by atoms with E-state index < -0.39 is 5.41 Å². The minimum absolute atomic E-state index is 0.0296. The molecular formula is C29H26N4O3. The summed E-state index contributed by atoms with van der Waals surface area (Å²) in [5.41, 5.74) is 3.96. The Balaban J connectivity index is 1.41. The van der Waals surface area contributed by atoms with Gasteiger partial charge < -0.3 is 4.90 Å². The molecule has 2 heterocycles. The van der Waals surface area contributed by atoms with Crippen molar-refractivity contribution in [2.45, 2.75) is 24.8 Å². The monoisotopic (exact) mass is 478 g/mol. The molecule has 1 aromatic heterocycles. The maximum atomic E-state index is 13.4. The fourth-order valence-electron chi connectivity index (χ4n) is 4.83. The van der Waals surface area contributed by atoms with Crippen LogP contribution in [0.1, 0.15) is 24.0 Å². The average molecular weight is 479 g/mol. The number of amides is 3. The Kier molecular flexibility index (Phi) is 6.06. The van der Waals surface area contributed by atoms with Gasteiger partial charge in [-0.25, -0.2) is 0 Å². The first-order valence-corrected chi connectivity index (χ1v) is 11.8. The smallest absolute Gasteiger partial charge is 0.240 e. The minimum atomic E-state index is -1.22. The Bertz CT molecular complexity index is 1450. The zero-order valence-electron chi connectivity index (χ0n) is 20.2. The van der Waals surface area contributed by atoms with Gasteiger partial charge in [0, 0.05) is 45.9 Å². The summed E-state index contributed by atoms with van der Waals surface area (Å²) in [6.45, 7) is 0.354. The SMILES string of the molecule is CN(Cc1ccc2nccnc2c1)C(=O)C[C@@]1(c2ccc(-c3ccccc3)cc2)CC(=O)N(C)C1=O. The van der Waals surface area contributed by atoms with Gasteiger partial charge >= 0.3 is 0 Å². The van der Waals surface area contributed by atoms with E-state index in [1.165, 1.54) is 7.05 Å². The van der Waals surface area contributed by atoms with Crippen LogP contribution in [0.2, 0.25) is 0 Å². The predicted octanol–water partition coefficient (Wildman–Crippen LogP) is 3.97. The van der Waals surface area contributed by atoms with E-state index in [1.54, 1.807) is 24.3 Å². The predicted molar refractivity (Wildman–Crippen MR) is 137 cm³/mol. The molecule has 3 amide bonds. The summed E-state index contributed by atoms with van der Waals surface area (Å²) >= 11 is 0. The Morgan fingerprint density at radius 1 is 0.917 bits per heavy atom. The number of rotatable bonds is 6. The van der Waals surface area contributed by atoms with Crippen LogP contribution in [0.3, 0.4) is 0 Å². The van der Waals surface area contributed by atoms with Gasteiger partial charge in [-0.3, -0.25) is 29.3 Å². The molecule has 0 unspecified atom stereocenters. The molecule has 1 atom stereocenters. The quantitative estimate of drug-likeness (QED) is 0.392. The van der Waals surface area contributed by atoms with Crippen LogP contribution in [-0.2, 0) is 26.3 Å². The van der Waals surface area contributed by atoms with Crippen LogP contribution in [0.15, 0.2) is 85.2 Å². The normalized spacial score (nSPS) is 17.6. The highest BCUT2D eigenvalue weighted by Gasteiger charge is 2.52. The van der Waals surface area contributed by atoms with Gasteiger partial charge in [-0.1, -0.05) is 60.7 Å². The van der Waals surface area contributed by atoms with Crippen molar-refractivity contribution in [2.75, 3.05) is 14.1 Å². The molecule has 5 rings (SSSR count). The van der Waals surface area contributed by atoms with Crippen LogP contribution in [0.25, 0.3) is 22.2 Å². The van der Waals surface area contributed by atoms with Crippen molar-refractivity contribution in [3.8, 4) is 11.1 Å². The summed E-state index contributed by atoms with van der Waals surface area (Å²) in [5.74, 6) is -0.837. The number of imide groups is 1. The highest BCUT2D eigenvalue weighted by atomic mass is 16.2. The molecule has 1 aliphatic rings. The number of hydrogen-bond acceptors (Lipinski definition) is 5. The van der Waals surface area contributed by atoms with Crippen LogP contribution >= 0.6 is 0 Å². The molecule has 3 aromatic carbocycles. The van der Waals surface area contributed by atoms with E-state index in [0.717, 1.165) is 32.6 Å². The van der Waals surface area contributed by atoms with Crippen LogP contribution < -0.4 is 0 Å². The second-order valence-electron chi connectivity index (χ2n) is 9.27. The van der Waals surface area contributed by atoms with Gasteiger partial charge in [0.1, 0.15) is 0 Å². The highest BCUT2D eigenvalue weighted by molar-refractivity contribution is 6.10. The molecule has 0 bridgehead atoms. The molecule has 4 aromatic rings. The summed E-state index contributed by atoms with van der Waals surface area (Å²) in [5, 5.41) is 0. The molecule has 0 spiro atoms. The lowest BCUT2D eigenvalue weighted by Gasteiger charge is -2.29. The van der Waals surface area contributed by atoms with E-state index in [9.17, 15) is 14.4 Å². The lowest BCUT2D eigenvalue weighted by Crippen LogP contribution is -2.41. The molecule has 0 radical (unpaired) electrons. The molecule has 0 N–H and O–H groups in total. The van der Waals surface area contributed by atoms with Gasteiger partial charge in [0.2, 0.25) is 17.7 Å². The number of fused-ring (bicyclic) bond motifs is 1. The number of aromatic nitrogens is 2. The van der Waals surface area contributed by atoms with Crippen LogP contribution in [-0.4, -0.2) is 51.6 Å². The lowest BCUT2D eigenvalue weighted by atomic mass is 9.75. The van der Waals surface area contributed by atoms with Gasteiger partial charge in [-0.2, -0.15) is 0 Å². The molecule has 7 heteroatoms. The fourth-order valence-corrected chi connectivity index (χ4v) is 4.83. The second kappa shape index (κ2) is 9.34. The van der Waals surface area contributed by atoms with Crippen molar-refractivity contribution < 1.29 is 14.4 Å². The van der Waals surface area contributed by atoms with E-state index in [2.05, 4.69) is 9.97 Å². The summed E-state index contributed by atoms with van der Waals surface area (Å²) in [6, 6.07) is 23.2. The number of likely N-dealkylation sites (N-methyl/N-ethyl adjacent to an activating group) is 1. The van der Waals surface area contributed by atoms with Crippen molar-refractivity contribution in [3.05, 3.63) is 96.3 Å². The zero-order chi connectivity index (χ0) is 25.3. The van der Waals surface area contributed by atoms with E-state index in [1.807, 2.05) is 72.8 Å². The third kappa shape index (κ3) is 4.24. The first-order valence-electron chi connectivity index (χ1n) is 11.8. The van der Waals surface area contributed by atoms with Gasteiger partial charge in [0.15, 0.2) is 0 Å².